The number of nitrogens with one attached hydrogen (secondary N) is 1. The zero-order valence-corrected chi connectivity index (χ0v) is 14.6. The van der Waals surface area contributed by atoms with Crippen molar-refractivity contribution in [2.24, 2.45) is 5.92 Å². The SMILES string of the molecule is CN(CC1CCCC1O)C(=O)/C=C/c1ccc(C(=O)NC2CC2)cc1. The van der Waals surface area contributed by atoms with Crippen LogP contribution in [-0.4, -0.2) is 47.6 Å². The van der Waals surface area contributed by atoms with Crippen molar-refractivity contribution in [3.63, 3.8) is 0 Å². The third-order valence-corrected chi connectivity index (χ3v) is 5.01. The van der Waals surface area contributed by atoms with Gasteiger partial charge in [-0.25, -0.2) is 0 Å². The van der Waals surface area contributed by atoms with Crippen LogP contribution in [0.15, 0.2) is 30.3 Å². The number of hydrogen-bond donors (Lipinski definition) is 2. The van der Waals surface area contributed by atoms with Crippen molar-refractivity contribution in [1.82, 2.24) is 10.2 Å². The minimum Gasteiger partial charge on any atom is -0.393 e. The monoisotopic (exact) mass is 342 g/mol. The Balaban J connectivity index is 1.51. The second-order valence-corrected chi connectivity index (χ2v) is 7.18. The van der Waals surface area contributed by atoms with Gasteiger partial charge in [-0.2, -0.15) is 0 Å². The average Bonchev–Trinajstić information content (AvgIpc) is 3.34. The first-order valence-electron chi connectivity index (χ1n) is 9.05. The summed E-state index contributed by atoms with van der Waals surface area (Å²) >= 11 is 0. The van der Waals surface area contributed by atoms with E-state index in [4.69, 9.17) is 0 Å². The molecule has 2 atom stereocenters. The van der Waals surface area contributed by atoms with Gasteiger partial charge >= 0.3 is 0 Å². The molecule has 0 bridgehead atoms. The molecule has 2 aliphatic carbocycles. The summed E-state index contributed by atoms with van der Waals surface area (Å²) in [5.41, 5.74) is 1.52. The second-order valence-electron chi connectivity index (χ2n) is 7.18. The molecule has 1 aromatic rings. The fraction of sp³-hybridized carbons (Fsp3) is 0.500. The van der Waals surface area contributed by atoms with Gasteiger partial charge in [-0.05, 0) is 49.5 Å². The molecule has 0 saturated heterocycles. The van der Waals surface area contributed by atoms with E-state index in [9.17, 15) is 14.7 Å². The van der Waals surface area contributed by atoms with Gasteiger partial charge in [0.05, 0.1) is 6.10 Å². The Hall–Kier alpha value is -2.14. The summed E-state index contributed by atoms with van der Waals surface area (Å²) in [5, 5.41) is 12.8. The highest BCUT2D eigenvalue weighted by molar-refractivity contribution is 5.95. The van der Waals surface area contributed by atoms with Gasteiger partial charge in [-0.3, -0.25) is 9.59 Å². The second kappa shape index (κ2) is 7.83. The van der Waals surface area contributed by atoms with Crippen molar-refractivity contribution in [3.05, 3.63) is 41.5 Å². The van der Waals surface area contributed by atoms with Crippen LogP contribution in [0.5, 0.6) is 0 Å². The number of hydrogen-bond acceptors (Lipinski definition) is 3. The maximum atomic E-state index is 12.2. The first-order chi connectivity index (χ1) is 12.0. The van der Waals surface area contributed by atoms with Crippen molar-refractivity contribution >= 4 is 17.9 Å². The van der Waals surface area contributed by atoms with Crippen LogP contribution in [0.1, 0.15) is 48.0 Å². The number of rotatable bonds is 6. The lowest BCUT2D eigenvalue weighted by molar-refractivity contribution is -0.125. The van der Waals surface area contributed by atoms with Crippen molar-refractivity contribution in [1.29, 1.82) is 0 Å². The molecule has 2 aliphatic rings. The Labute approximate surface area is 148 Å². The molecule has 2 N–H and O–H groups in total. The normalized spacial score (nSPS) is 23.0. The summed E-state index contributed by atoms with van der Waals surface area (Å²) in [6.45, 7) is 0.588. The van der Waals surface area contributed by atoms with E-state index in [-0.39, 0.29) is 23.8 Å². The fourth-order valence-corrected chi connectivity index (χ4v) is 3.21. The molecule has 0 spiro atoms. The highest BCUT2D eigenvalue weighted by Gasteiger charge is 2.27. The fourth-order valence-electron chi connectivity index (χ4n) is 3.21. The summed E-state index contributed by atoms with van der Waals surface area (Å²) in [6, 6.07) is 7.58. The molecule has 2 unspecified atom stereocenters. The van der Waals surface area contributed by atoms with Crippen molar-refractivity contribution < 1.29 is 14.7 Å². The zero-order chi connectivity index (χ0) is 17.8. The van der Waals surface area contributed by atoms with Crippen LogP contribution >= 0.6 is 0 Å². The third-order valence-electron chi connectivity index (χ3n) is 5.01. The predicted molar refractivity (Wildman–Crippen MR) is 96.9 cm³/mol. The molecular weight excluding hydrogens is 316 g/mol. The topological polar surface area (TPSA) is 69.6 Å². The molecule has 5 nitrogen and oxygen atoms in total. The van der Waals surface area contributed by atoms with Gasteiger partial charge in [0.1, 0.15) is 0 Å². The molecule has 2 saturated carbocycles. The van der Waals surface area contributed by atoms with Crippen LogP contribution in [-0.2, 0) is 4.79 Å². The van der Waals surface area contributed by atoms with Gasteiger partial charge in [-0.1, -0.05) is 18.6 Å². The number of carbonyl (C=O) groups is 2. The van der Waals surface area contributed by atoms with E-state index >= 15 is 0 Å². The van der Waals surface area contributed by atoms with Crippen LogP contribution in [0.2, 0.25) is 0 Å². The quantitative estimate of drug-likeness (QED) is 0.779. The molecule has 5 heteroatoms. The smallest absolute Gasteiger partial charge is 0.251 e. The van der Waals surface area contributed by atoms with Crippen LogP contribution < -0.4 is 5.32 Å². The summed E-state index contributed by atoms with van der Waals surface area (Å²) in [7, 11) is 1.77. The molecule has 0 radical (unpaired) electrons. The number of benzene rings is 1. The molecule has 25 heavy (non-hydrogen) atoms. The first kappa shape index (κ1) is 17.7. The van der Waals surface area contributed by atoms with E-state index in [0.717, 1.165) is 37.7 Å². The van der Waals surface area contributed by atoms with E-state index in [2.05, 4.69) is 5.32 Å². The number of aliphatic hydroxyl groups excluding tert-OH is 1. The lowest BCUT2D eigenvalue weighted by Crippen LogP contribution is -2.33. The largest absolute Gasteiger partial charge is 0.393 e. The van der Waals surface area contributed by atoms with Crippen LogP contribution in [0, 0.1) is 5.92 Å². The highest BCUT2D eigenvalue weighted by atomic mass is 16.3. The molecule has 0 aliphatic heterocycles. The van der Waals surface area contributed by atoms with E-state index in [1.54, 1.807) is 36.2 Å². The third kappa shape index (κ3) is 4.92. The molecule has 0 heterocycles. The van der Waals surface area contributed by atoms with Crippen molar-refractivity contribution in [2.45, 2.75) is 44.2 Å². The maximum Gasteiger partial charge on any atom is 0.251 e. The van der Waals surface area contributed by atoms with Crippen molar-refractivity contribution in [2.75, 3.05) is 13.6 Å². The van der Waals surface area contributed by atoms with E-state index in [1.165, 1.54) is 0 Å². The maximum absolute atomic E-state index is 12.2. The van der Waals surface area contributed by atoms with Crippen LogP contribution in [0.3, 0.4) is 0 Å². The Bertz CT molecular complexity index is 649. The predicted octanol–water partition coefficient (Wildman–Crippen LogP) is 2.21. The van der Waals surface area contributed by atoms with Gasteiger partial charge < -0.3 is 15.3 Å². The highest BCUT2D eigenvalue weighted by Crippen LogP contribution is 2.26. The van der Waals surface area contributed by atoms with Gasteiger partial charge in [0, 0.05) is 37.2 Å². The lowest BCUT2D eigenvalue weighted by Gasteiger charge is -2.22. The Morgan fingerprint density at radius 2 is 1.92 bits per heavy atom. The molecule has 2 amide bonds. The van der Waals surface area contributed by atoms with E-state index < -0.39 is 0 Å². The van der Waals surface area contributed by atoms with E-state index in [0.29, 0.717) is 18.2 Å². The number of carbonyl (C=O) groups excluding carboxylic acids is 2. The van der Waals surface area contributed by atoms with Gasteiger partial charge in [0.2, 0.25) is 5.91 Å². The molecule has 3 rings (SSSR count). The van der Waals surface area contributed by atoms with Gasteiger partial charge in [0.15, 0.2) is 0 Å². The van der Waals surface area contributed by atoms with Crippen LogP contribution in [0.25, 0.3) is 6.08 Å². The Morgan fingerprint density at radius 1 is 1.20 bits per heavy atom. The molecule has 2 fully saturated rings. The molecule has 0 aromatic heterocycles. The summed E-state index contributed by atoms with van der Waals surface area (Å²) in [4.78, 5) is 25.8. The van der Waals surface area contributed by atoms with Crippen molar-refractivity contribution in [3.8, 4) is 0 Å². The van der Waals surface area contributed by atoms with E-state index in [1.807, 2.05) is 12.1 Å². The minimum absolute atomic E-state index is 0.0380. The summed E-state index contributed by atoms with van der Waals surface area (Å²) in [6.07, 6.45) is 8.00. The standard InChI is InChI=1S/C20H26N2O3/c1-22(13-16-3-2-4-18(16)23)19(24)12-7-14-5-8-15(9-6-14)20(25)21-17-10-11-17/h5-9,12,16-18,23H,2-4,10-11,13H2,1H3,(H,21,25)/b12-7+. The Kier molecular flexibility index (Phi) is 5.53. The number of nitrogens with zero attached hydrogens (tertiary/aromatic N) is 1. The lowest BCUT2D eigenvalue weighted by atomic mass is 10.1. The number of amides is 2. The molecule has 1 aromatic carbocycles. The summed E-state index contributed by atoms with van der Waals surface area (Å²) in [5.74, 6) is 0.0743. The molecule has 134 valence electrons. The number of likely N-dealkylation sites (N-methyl/N-ethyl adjacent to an activating group) is 1. The minimum atomic E-state index is -0.284. The van der Waals surface area contributed by atoms with Gasteiger partial charge in [-0.15, -0.1) is 0 Å². The number of aliphatic hydroxyl groups is 1. The Morgan fingerprint density at radius 3 is 2.52 bits per heavy atom. The molecular formula is C20H26N2O3. The zero-order valence-electron chi connectivity index (χ0n) is 14.6. The first-order valence-corrected chi connectivity index (χ1v) is 9.05. The summed E-state index contributed by atoms with van der Waals surface area (Å²) < 4.78 is 0. The van der Waals surface area contributed by atoms with Gasteiger partial charge in [0.25, 0.3) is 5.91 Å². The van der Waals surface area contributed by atoms with Crippen LogP contribution in [0.4, 0.5) is 0 Å². The average molecular weight is 342 g/mol.